The summed E-state index contributed by atoms with van der Waals surface area (Å²) in [5.74, 6) is -1.43. The summed E-state index contributed by atoms with van der Waals surface area (Å²) < 4.78 is 19.5. The molecule has 0 aliphatic carbocycles. The Morgan fingerprint density at radius 1 is 1.17 bits per heavy atom. The molecule has 2 N–H and O–H groups in total. The second kappa shape index (κ2) is 6.13. The zero-order valence-corrected chi connectivity index (χ0v) is 14.2. The molecule has 0 saturated heterocycles. The molecular weight excluding hydrogens is 387 g/mol. The van der Waals surface area contributed by atoms with Gasteiger partial charge in [0.05, 0.1) is 8.66 Å². The molecule has 0 radical (unpaired) electrons. The highest BCUT2D eigenvalue weighted by atomic mass is 79.9. The molecule has 3 rings (SSSR count). The summed E-state index contributed by atoms with van der Waals surface area (Å²) in [6.07, 6.45) is 0. The lowest BCUT2D eigenvalue weighted by Crippen LogP contribution is -2.41. The number of fused-ring (bicyclic) bond motifs is 1. The first-order valence-electron chi connectivity index (χ1n) is 6.50. The summed E-state index contributed by atoms with van der Waals surface area (Å²) in [6, 6.07) is 7.37. The molecule has 2 heterocycles. The van der Waals surface area contributed by atoms with Crippen molar-refractivity contribution in [3.8, 4) is 0 Å². The molecule has 0 bridgehead atoms. The van der Waals surface area contributed by atoms with Gasteiger partial charge in [0.25, 0.3) is 5.91 Å². The highest BCUT2D eigenvalue weighted by Gasteiger charge is 2.19. The lowest BCUT2D eigenvalue weighted by molar-refractivity contribution is 0.0833. The first-order chi connectivity index (χ1) is 11.0. The molecule has 8 heteroatoms. The third kappa shape index (κ3) is 3.13. The highest BCUT2D eigenvalue weighted by molar-refractivity contribution is 9.11. The van der Waals surface area contributed by atoms with Crippen LogP contribution in [0.15, 0.2) is 38.5 Å². The highest BCUT2D eigenvalue weighted by Crippen LogP contribution is 2.26. The molecule has 1 aromatic carbocycles. The average Bonchev–Trinajstić information content (AvgIpc) is 3.09. The first kappa shape index (κ1) is 15.7. The molecule has 23 heavy (non-hydrogen) atoms. The van der Waals surface area contributed by atoms with E-state index in [1.807, 2.05) is 0 Å². The molecule has 118 valence electrons. The molecule has 0 aliphatic rings. The van der Waals surface area contributed by atoms with Gasteiger partial charge in [-0.3, -0.25) is 20.4 Å². The monoisotopic (exact) mass is 396 g/mol. The molecule has 0 saturated carbocycles. The van der Waals surface area contributed by atoms with Gasteiger partial charge in [-0.05, 0) is 53.2 Å². The van der Waals surface area contributed by atoms with Gasteiger partial charge in [-0.15, -0.1) is 11.3 Å². The number of carbonyl (C=O) groups excluding carboxylic acids is 2. The average molecular weight is 397 g/mol. The lowest BCUT2D eigenvalue weighted by atomic mass is 10.1. The van der Waals surface area contributed by atoms with Gasteiger partial charge in [0.15, 0.2) is 5.76 Å². The van der Waals surface area contributed by atoms with E-state index in [0.29, 0.717) is 21.4 Å². The maximum absolute atomic E-state index is 13.3. The predicted molar refractivity (Wildman–Crippen MR) is 87.9 cm³/mol. The number of nitrogens with one attached hydrogen (secondary N) is 2. The van der Waals surface area contributed by atoms with Crippen LogP contribution in [0.25, 0.3) is 11.0 Å². The molecule has 3 aromatic rings. The number of aryl methyl sites for hydroxylation is 1. The number of amides is 2. The topological polar surface area (TPSA) is 71.3 Å². The van der Waals surface area contributed by atoms with E-state index in [9.17, 15) is 14.0 Å². The quantitative estimate of drug-likeness (QED) is 0.647. The minimum Gasteiger partial charge on any atom is -0.451 e. The third-order valence-electron chi connectivity index (χ3n) is 3.19. The van der Waals surface area contributed by atoms with Crippen molar-refractivity contribution in [1.82, 2.24) is 10.9 Å². The first-order valence-corrected chi connectivity index (χ1v) is 8.11. The number of thiophene rings is 1. The number of hydrogen-bond acceptors (Lipinski definition) is 4. The Labute approximate surface area is 142 Å². The molecule has 0 atom stereocenters. The fourth-order valence-corrected chi connectivity index (χ4v) is 3.36. The van der Waals surface area contributed by atoms with Crippen molar-refractivity contribution in [1.29, 1.82) is 0 Å². The Bertz CT molecular complexity index is 919. The van der Waals surface area contributed by atoms with Crippen LogP contribution in [-0.2, 0) is 0 Å². The van der Waals surface area contributed by atoms with Crippen LogP contribution in [0.5, 0.6) is 0 Å². The fraction of sp³-hybridized carbons (Fsp3) is 0.0667. The van der Waals surface area contributed by atoms with Crippen molar-refractivity contribution in [3.63, 3.8) is 0 Å². The fourth-order valence-electron chi connectivity index (χ4n) is 2.08. The van der Waals surface area contributed by atoms with Gasteiger partial charge < -0.3 is 4.42 Å². The van der Waals surface area contributed by atoms with Gasteiger partial charge in [-0.2, -0.15) is 0 Å². The molecule has 2 aromatic heterocycles. The van der Waals surface area contributed by atoms with Crippen molar-refractivity contribution < 1.29 is 18.4 Å². The molecule has 5 nitrogen and oxygen atoms in total. The van der Waals surface area contributed by atoms with Crippen LogP contribution < -0.4 is 10.9 Å². The number of furan rings is 1. The van der Waals surface area contributed by atoms with Gasteiger partial charge in [0, 0.05) is 10.9 Å². The molecule has 0 spiro atoms. The van der Waals surface area contributed by atoms with Crippen LogP contribution >= 0.6 is 27.3 Å². The Balaban J connectivity index is 1.76. The molecule has 0 fully saturated rings. The maximum Gasteiger partial charge on any atom is 0.305 e. The summed E-state index contributed by atoms with van der Waals surface area (Å²) >= 11 is 4.50. The van der Waals surface area contributed by atoms with Crippen molar-refractivity contribution >= 4 is 50.1 Å². The van der Waals surface area contributed by atoms with Gasteiger partial charge in [-0.25, -0.2) is 4.39 Å². The van der Waals surface area contributed by atoms with Crippen LogP contribution in [0.4, 0.5) is 4.39 Å². The summed E-state index contributed by atoms with van der Waals surface area (Å²) in [5.41, 5.74) is 5.51. The minimum atomic E-state index is -0.608. The number of hydrogen-bond donors (Lipinski definition) is 2. The van der Waals surface area contributed by atoms with Crippen molar-refractivity contribution in [2.75, 3.05) is 0 Å². The zero-order valence-electron chi connectivity index (χ0n) is 11.8. The summed E-state index contributed by atoms with van der Waals surface area (Å²) in [6.45, 7) is 1.65. The zero-order chi connectivity index (χ0) is 16.6. The molecule has 2 amide bonds. The second-order valence-corrected chi connectivity index (χ2v) is 7.17. The minimum absolute atomic E-state index is 0.0262. The van der Waals surface area contributed by atoms with Gasteiger partial charge in [0.2, 0.25) is 0 Å². The predicted octanol–water partition coefficient (Wildman–Crippen LogP) is 3.78. The third-order valence-corrected chi connectivity index (χ3v) is 4.81. The summed E-state index contributed by atoms with van der Waals surface area (Å²) in [7, 11) is 0. The van der Waals surface area contributed by atoms with E-state index in [0.717, 1.165) is 3.79 Å². The van der Waals surface area contributed by atoms with E-state index in [1.54, 1.807) is 19.1 Å². The number of halogens is 2. The van der Waals surface area contributed by atoms with Crippen molar-refractivity contribution in [2.24, 2.45) is 0 Å². The van der Waals surface area contributed by atoms with Crippen LogP contribution in [0, 0.1) is 12.7 Å². The Hall–Kier alpha value is -2.19. The van der Waals surface area contributed by atoms with E-state index >= 15 is 0 Å². The van der Waals surface area contributed by atoms with Crippen LogP contribution in [0.1, 0.15) is 25.8 Å². The molecule has 0 unspecified atom stereocenters. The van der Waals surface area contributed by atoms with Crippen LogP contribution in [0.3, 0.4) is 0 Å². The van der Waals surface area contributed by atoms with E-state index < -0.39 is 17.6 Å². The van der Waals surface area contributed by atoms with E-state index in [1.165, 1.54) is 29.5 Å². The SMILES string of the molecule is Cc1c(C(=O)NNC(=O)c2ccc(Br)s2)oc2ccc(F)cc12. The number of rotatable bonds is 2. The Morgan fingerprint density at radius 2 is 1.91 bits per heavy atom. The Morgan fingerprint density at radius 3 is 2.61 bits per heavy atom. The second-order valence-electron chi connectivity index (χ2n) is 4.71. The van der Waals surface area contributed by atoms with E-state index in [-0.39, 0.29) is 5.76 Å². The summed E-state index contributed by atoms with van der Waals surface area (Å²) in [4.78, 5) is 24.5. The van der Waals surface area contributed by atoms with Crippen molar-refractivity contribution in [2.45, 2.75) is 6.92 Å². The van der Waals surface area contributed by atoms with Gasteiger partial charge >= 0.3 is 5.91 Å². The number of hydrazine groups is 1. The normalized spacial score (nSPS) is 10.7. The maximum atomic E-state index is 13.3. The summed E-state index contributed by atoms with van der Waals surface area (Å²) in [5, 5.41) is 0.517. The van der Waals surface area contributed by atoms with Crippen LogP contribution in [0.2, 0.25) is 0 Å². The number of carbonyl (C=O) groups is 2. The van der Waals surface area contributed by atoms with Gasteiger partial charge in [-0.1, -0.05) is 0 Å². The molecule has 0 aliphatic heterocycles. The standard InChI is InChI=1S/C15H10BrFN2O3S/c1-7-9-6-8(17)2-3-10(9)22-13(7)15(21)19-18-14(20)11-4-5-12(16)23-11/h2-6H,1H3,(H,18,20)(H,19,21). The molecular formula is C15H10BrFN2O3S. The van der Waals surface area contributed by atoms with Gasteiger partial charge in [0.1, 0.15) is 11.4 Å². The van der Waals surface area contributed by atoms with Crippen molar-refractivity contribution in [3.05, 3.63) is 56.1 Å². The number of benzene rings is 1. The Kier molecular flexibility index (Phi) is 4.18. The van der Waals surface area contributed by atoms with E-state index in [2.05, 4.69) is 26.8 Å². The lowest BCUT2D eigenvalue weighted by Gasteiger charge is -2.04. The largest absolute Gasteiger partial charge is 0.451 e. The van der Waals surface area contributed by atoms with E-state index in [4.69, 9.17) is 4.42 Å². The van der Waals surface area contributed by atoms with Crippen LogP contribution in [-0.4, -0.2) is 11.8 Å². The smallest absolute Gasteiger partial charge is 0.305 e.